The highest BCUT2D eigenvalue weighted by Gasteiger charge is 2.36. The molecule has 29 heavy (non-hydrogen) atoms. The molecule has 10 heteroatoms. The number of anilines is 1. The lowest BCUT2D eigenvalue weighted by Gasteiger charge is -2.36. The van der Waals surface area contributed by atoms with Crippen molar-refractivity contribution in [2.24, 2.45) is 5.92 Å². The SMILES string of the molecule is O=C(c1cccc(N2CCNC2=O)c1)N1CCN(C(=O)[C@@H]2CCS(=O)(=O)C2)CC1. The van der Waals surface area contributed by atoms with E-state index in [0.717, 1.165) is 0 Å². The lowest BCUT2D eigenvalue weighted by Crippen LogP contribution is -2.52. The first-order chi connectivity index (χ1) is 13.8. The average molecular weight is 420 g/mol. The fourth-order valence-corrected chi connectivity index (χ4v) is 5.82. The van der Waals surface area contributed by atoms with Crippen molar-refractivity contribution in [3.8, 4) is 0 Å². The van der Waals surface area contributed by atoms with Gasteiger partial charge in [0.1, 0.15) is 0 Å². The van der Waals surface area contributed by atoms with Crippen LogP contribution in [0.2, 0.25) is 0 Å². The molecule has 0 unspecified atom stereocenters. The van der Waals surface area contributed by atoms with Crippen LogP contribution in [0.1, 0.15) is 16.8 Å². The molecule has 156 valence electrons. The van der Waals surface area contributed by atoms with E-state index in [-0.39, 0.29) is 29.4 Å². The molecular weight excluding hydrogens is 396 g/mol. The highest BCUT2D eigenvalue weighted by atomic mass is 32.2. The normalized spacial score (nSPS) is 23.9. The Labute approximate surface area is 169 Å². The fourth-order valence-electron chi connectivity index (χ4n) is 4.09. The van der Waals surface area contributed by atoms with Gasteiger partial charge >= 0.3 is 6.03 Å². The number of hydrogen-bond acceptors (Lipinski definition) is 5. The maximum Gasteiger partial charge on any atom is 0.321 e. The standard InChI is InChI=1S/C19H24N4O5S/c24-17(14-2-1-3-16(12-14)23-6-5-20-19(23)26)21-7-9-22(10-8-21)18(25)15-4-11-29(27,28)13-15/h1-3,12,15H,4-11,13H2,(H,20,26)/t15-/m1/s1. The minimum Gasteiger partial charge on any atom is -0.339 e. The van der Waals surface area contributed by atoms with Crippen LogP contribution in [0.15, 0.2) is 24.3 Å². The number of rotatable bonds is 3. The molecule has 4 amide bonds. The summed E-state index contributed by atoms with van der Waals surface area (Å²) < 4.78 is 23.2. The molecular formula is C19H24N4O5S. The number of nitrogens with one attached hydrogen (secondary N) is 1. The molecule has 4 rings (SSSR count). The molecule has 3 aliphatic heterocycles. The van der Waals surface area contributed by atoms with Crippen molar-refractivity contribution in [3.63, 3.8) is 0 Å². The molecule has 0 aromatic heterocycles. The molecule has 1 aromatic carbocycles. The quantitative estimate of drug-likeness (QED) is 0.737. The minimum atomic E-state index is -3.10. The van der Waals surface area contributed by atoms with Gasteiger partial charge in [-0.05, 0) is 24.6 Å². The van der Waals surface area contributed by atoms with E-state index in [0.29, 0.717) is 56.9 Å². The molecule has 0 bridgehead atoms. The third-order valence-electron chi connectivity index (χ3n) is 5.72. The molecule has 1 atom stereocenters. The van der Waals surface area contributed by atoms with Gasteiger partial charge in [-0.25, -0.2) is 13.2 Å². The monoisotopic (exact) mass is 420 g/mol. The molecule has 0 aliphatic carbocycles. The summed E-state index contributed by atoms with van der Waals surface area (Å²) in [7, 11) is -3.10. The summed E-state index contributed by atoms with van der Waals surface area (Å²) in [6.45, 7) is 2.74. The summed E-state index contributed by atoms with van der Waals surface area (Å²) >= 11 is 0. The highest BCUT2D eigenvalue weighted by Crippen LogP contribution is 2.23. The second-order valence-corrected chi connectivity index (χ2v) is 9.88. The van der Waals surface area contributed by atoms with Gasteiger partial charge in [0.25, 0.3) is 5.91 Å². The number of urea groups is 1. The lowest BCUT2D eigenvalue weighted by atomic mass is 10.1. The molecule has 3 heterocycles. The molecule has 0 spiro atoms. The van der Waals surface area contributed by atoms with Crippen molar-refractivity contribution in [3.05, 3.63) is 29.8 Å². The van der Waals surface area contributed by atoms with Crippen LogP contribution in [0.3, 0.4) is 0 Å². The summed E-state index contributed by atoms with van der Waals surface area (Å²) in [6.07, 6.45) is 0.386. The van der Waals surface area contributed by atoms with E-state index in [4.69, 9.17) is 0 Å². The van der Waals surface area contributed by atoms with Gasteiger partial charge in [0.2, 0.25) is 5.91 Å². The van der Waals surface area contributed by atoms with Gasteiger partial charge in [-0.1, -0.05) is 6.07 Å². The third kappa shape index (κ3) is 4.07. The second kappa shape index (κ2) is 7.66. The number of piperazine rings is 1. The van der Waals surface area contributed by atoms with E-state index in [1.807, 2.05) is 0 Å². The van der Waals surface area contributed by atoms with Crippen molar-refractivity contribution in [2.45, 2.75) is 6.42 Å². The Morgan fingerprint density at radius 3 is 2.38 bits per heavy atom. The van der Waals surface area contributed by atoms with Crippen molar-refractivity contribution in [1.82, 2.24) is 15.1 Å². The summed E-state index contributed by atoms with van der Waals surface area (Å²) in [5.41, 5.74) is 1.19. The molecule has 1 N–H and O–H groups in total. The van der Waals surface area contributed by atoms with Crippen molar-refractivity contribution >= 4 is 33.4 Å². The smallest absolute Gasteiger partial charge is 0.321 e. The molecule has 3 aliphatic rings. The van der Waals surface area contributed by atoms with Gasteiger partial charge < -0.3 is 15.1 Å². The Balaban J connectivity index is 1.37. The molecule has 1 aromatic rings. The van der Waals surface area contributed by atoms with Gasteiger partial charge in [-0.3, -0.25) is 14.5 Å². The van der Waals surface area contributed by atoms with E-state index < -0.39 is 15.8 Å². The maximum atomic E-state index is 12.9. The average Bonchev–Trinajstić information content (AvgIpc) is 3.32. The Bertz CT molecular complexity index is 940. The molecule has 9 nitrogen and oxygen atoms in total. The first kappa shape index (κ1) is 19.7. The topological polar surface area (TPSA) is 107 Å². The zero-order chi connectivity index (χ0) is 20.6. The summed E-state index contributed by atoms with van der Waals surface area (Å²) in [5, 5.41) is 2.74. The number of carbonyl (C=O) groups is 3. The lowest BCUT2D eigenvalue weighted by molar-refractivity contribution is -0.136. The first-order valence-corrected chi connectivity index (χ1v) is 11.6. The molecule has 0 saturated carbocycles. The van der Waals surface area contributed by atoms with Crippen LogP contribution >= 0.6 is 0 Å². The van der Waals surface area contributed by atoms with Crippen molar-refractivity contribution in [1.29, 1.82) is 0 Å². The fraction of sp³-hybridized carbons (Fsp3) is 0.526. The summed E-state index contributed by atoms with van der Waals surface area (Å²) in [6, 6.07) is 6.83. The van der Waals surface area contributed by atoms with Crippen LogP contribution in [-0.4, -0.2) is 86.8 Å². The summed E-state index contributed by atoms with van der Waals surface area (Å²) in [5.74, 6) is -0.706. The number of amides is 4. The van der Waals surface area contributed by atoms with Gasteiger partial charge in [0.05, 0.1) is 17.4 Å². The number of carbonyl (C=O) groups excluding carboxylic acids is 3. The van der Waals surface area contributed by atoms with E-state index in [1.165, 1.54) is 0 Å². The van der Waals surface area contributed by atoms with Crippen molar-refractivity contribution in [2.75, 3.05) is 55.7 Å². The number of sulfone groups is 1. The van der Waals surface area contributed by atoms with E-state index in [9.17, 15) is 22.8 Å². The highest BCUT2D eigenvalue weighted by molar-refractivity contribution is 7.91. The van der Waals surface area contributed by atoms with Crippen LogP contribution in [0.4, 0.5) is 10.5 Å². The predicted octanol–water partition coefficient (Wildman–Crippen LogP) is -0.0647. The molecule has 3 saturated heterocycles. The van der Waals surface area contributed by atoms with Crippen LogP contribution in [0.25, 0.3) is 0 Å². The van der Waals surface area contributed by atoms with Crippen molar-refractivity contribution < 1.29 is 22.8 Å². The van der Waals surface area contributed by atoms with Gasteiger partial charge in [0.15, 0.2) is 9.84 Å². The van der Waals surface area contributed by atoms with Crippen LogP contribution < -0.4 is 10.2 Å². The summed E-state index contributed by atoms with van der Waals surface area (Å²) in [4.78, 5) is 42.3. The van der Waals surface area contributed by atoms with Gasteiger partial charge in [-0.15, -0.1) is 0 Å². The van der Waals surface area contributed by atoms with Crippen LogP contribution in [-0.2, 0) is 14.6 Å². The Hall–Kier alpha value is -2.62. The number of hydrogen-bond donors (Lipinski definition) is 1. The van der Waals surface area contributed by atoms with Crippen LogP contribution in [0, 0.1) is 5.92 Å². The Morgan fingerprint density at radius 2 is 1.76 bits per heavy atom. The minimum absolute atomic E-state index is 0.0676. The van der Waals surface area contributed by atoms with Gasteiger partial charge in [-0.2, -0.15) is 0 Å². The zero-order valence-corrected chi connectivity index (χ0v) is 16.9. The molecule has 0 radical (unpaired) electrons. The number of nitrogens with zero attached hydrogens (tertiary/aromatic N) is 3. The van der Waals surface area contributed by atoms with Crippen LogP contribution in [0.5, 0.6) is 0 Å². The first-order valence-electron chi connectivity index (χ1n) is 9.78. The largest absolute Gasteiger partial charge is 0.339 e. The van der Waals surface area contributed by atoms with Gasteiger partial charge in [0, 0.05) is 50.5 Å². The Kier molecular flexibility index (Phi) is 5.20. The second-order valence-electron chi connectivity index (χ2n) is 7.65. The Morgan fingerprint density at radius 1 is 1.03 bits per heavy atom. The van der Waals surface area contributed by atoms with E-state index in [1.54, 1.807) is 39.0 Å². The van der Waals surface area contributed by atoms with E-state index >= 15 is 0 Å². The zero-order valence-electron chi connectivity index (χ0n) is 16.0. The third-order valence-corrected chi connectivity index (χ3v) is 7.49. The number of benzene rings is 1. The van der Waals surface area contributed by atoms with E-state index in [2.05, 4.69) is 5.32 Å². The maximum absolute atomic E-state index is 12.9. The predicted molar refractivity (Wildman–Crippen MR) is 106 cm³/mol. The molecule has 3 fully saturated rings.